The van der Waals surface area contributed by atoms with Gasteiger partial charge in [-0.05, 0) is 37.0 Å². The van der Waals surface area contributed by atoms with E-state index < -0.39 is 0 Å². The molecule has 0 bridgehead atoms. The maximum atomic E-state index is 12.7. The van der Waals surface area contributed by atoms with Crippen LogP contribution in [0, 0.1) is 5.92 Å². The zero-order chi connectivity index (χ0) is 19.1. The fourth-order valence-corrected chi connectivity index (χ4v) is 3.19. The van der Waals surface area contributed by atoms with Gasteiger partial charge in [-0.1, -0.05) is 49.4 Å². The zero-order valence-corrected chi connectivity index (χ0v) is 15.8. The summed E-state index contributed by atoms with van der Waals surface area (Å²) < 4.78 is 11.6. The van der Waals surface area contributed by atoms with Crippen LogP contribution in [-0.4, -0.2) is 25.2 Å². The van der Waals surface area contributed by atoms with Crippen LogP contribution in [0.3, 0.4) is 0 Å². The SMILES string of the molecule is CC(C(=O)Nc1ccccc1OCC1CCCCO1)C(N)c1ccccc1. The van der Waals surface area contributed by atoms with Gasteiger partial charge < -0.3 is 20.5 Å². The van der Waals surface area contributed by atoms with Gasteiger partial charge in [0, 0.05) is 12.6 Å². The molecule has 3 unspecified atom stereocenters. The minimum atomic E-state index is -0.373. The molecule has 1 saturated heterocycles. The van der Waals surface area contributed by atoms with Gasteiger partial charge in [-0.2, -0.15) is 0 Å². The molecule has 1 aliphatic rings. The lowest BCUT2D eigenvalue weighted by Crippen LogP contribution is -2.31. The number of rotatable bonds is 7. The molecule has 1 fully saturated rings. The number of benzene rings is 2. The molecule has 0 spiro atoms. The number of nitrogens with one attached hydrogen (secondary N) is 1. The molecule has 2 aromatic rings. The van der Waals surface area contributed by atoms with Gasteiger partial charge in [0.1, 0.15) is 12.4 Å². The van der Waals surface area contributed by atoms with Gasteiger partial charge in [0.2, 0.25) is 5.91 Å². The molecule has 144 valence electrons. The number of para-hydroxylation sites is 2. The molecule has 1 amide bonds. The Morgan fingerprint density at radius 1 is 1.19 bits per heavy atom. The van der Waals surface area contributed by atoms with Crippen LogP contribution in [0.15, 0.2) is 54.6 Å². The van der Waals surface area contributed by atoms with Crippen LogP contribution in [0.4, 0.5) is 5.69 Å². The van der Waals surface area contributed by atoms with Crippen molar-refractivity contribution in [2.45, 2.75) is 38.3 Å². The van der Waals surface area contributed by atoms with E-state index >= 15 is 0 Å². The van der Waals surface area contributed by atoms with Crippen LogP contribution in [0.2, 0.25) is 0 Å². The molecule has 2 aromatic carbocycles. The monoisotopic (exact) mass is 368 g/mol. The summed E-state index contributed by atoms with van der Waals surface area (Å²) in [4.78, 5) is 12.7. The molecule has 3 rings (SSSR count). The Kier molecular flexibility index (Phi) is 6.85. The van der Waals surface area contributed by atoms with Crippen LogP contribution in [0.25, 0.3) is 0 Å². The van der Waals surface area contributed by atoms with Gasteiger partial charge in [-0.15, -0.1) is 0 Å². The maximum absolute atomic E-state index is 12.7. The van der Waals surface area contributed by atoms with E-state index in [2.05, 4.69) is 5.32 Å². The first kappa shape index (κ1) is 19.4. The van der Waals surface area contributed by atoms with E-state index in [9.17, 15) is 4.79 Å². The Morgan fingerprint density at radius 2 is 1.93 bits per heavy atom. The second-order valence-electron chi connectivity index (χ2n) is 7.01. The highest BCUT2D eigenvalue weighted by atomic mass is 16.5. The standard InChI is InChI=1S/C22H28N2O3/c1-16(21(23)17-9-3-2-4-10-17)22(25)24-19-12-5-6-13-20(19)27-15-18-11-7-8-14-26-18/h2-6,9-10,12-13,16,18,21H,7-8,11,14-15,23H2,1H3,(H,24,25). The third kappa shape index (κ3) is 5.31. The molecule has 0 aliphatic carbocycles. The third-order valence-electron chi connectivity index (χ3n) is 4.98. The number of hydrogen-bond donors (Lipinski definition) is 2. The van der Waals surface area contributed by atoms with E-state index in [0.29, 0.717) is 18.0 Å². The number of carbonyl (C=O) groups excluding carboxylic acids is 1. The summed E-state index contributed by atoms with van der Waals surface area (Å²) in [6.45, 7) is 3.12. The van der Waals surface area contributed by atoms with E-state index in [1.54, 1.807) is 0 Å². The molecule has 0 saturated carbocycles. The highest BCUT2D eigenvalue weighted by molar-refractivity contribution is 5.94. The van der Waals surface area contributed by atoms with Gasteiger partial charge in [0.15, 0.2) is 0 Å². The molecule has 3 N–H and O–H groups in total. The fraction of sp³-hybridized carbons (Fsp3) is 0.409. The molecule has 0 radical (unpaired) electrons. The summed E-state index contributed by atoms with van der Waals surface area (Å²) in [6, 6.07) is 16.8. The highest BCUT2D eigenvalue weighted by Crippen LogP contribution is 2.27. The average Bonchev–Trinajstić information content (AvgIpc) is 2.73. The summed E-state index contributed by atoms with van der Waals surface area (Å²) in [5.41, 5.74) is 7.88. The van der Waals surface area contributed by atoms with Gasteiger partial charge in [-0.3, -0.25) is 4.79 Å². The normalized spacial score (nSPS) is 19.1. The lowest BCUT2D eigenvalue weighted by atomic mass is 9.94. The number of carbonyl (C=O) groups is 1. The number of anilines is 1. The largest absolute Gasteiger partial charge is 0.489 e. The molecule has 1 heterocycles. The molecule has 1 aliphatic heterocycles. The Hall–Kier alpha value is -2.37. The molecule has 27 heavy (non-hydrogen) atoms. The van der Waals surface area contributed by atoms with Crippen molar-refractivity contribution in [3.63, 3.8) is 0 Å². The minimum Gasteiger partial charge on any atom is -0.489 e. The highest BCUT2D eigenvalue weighted by Gasteiger charge is 2.23. The molecule has 3 atom stereocenters. The van der Waals surface area contributed by atoms with Gasteiger partial charge >= 0.3 is 0 Å². The fourth-order valence-electron chi connectivity index (χ4n) is 3.19. The lowest BCUT2D eigenvalue weighted by Gasteiger charge is -2.24. The summed E-state index contributed by atoms with van der Waals surface area (Å²) in [6.07, 6.45) is 3.41. The van der Waals surface area contributed by atoms with Crippen molar-refractivity contribution < 1.29 is 14.3 Å². The zero-order valence-electron chi connectivity index (χ0n) is 15.8. The predicted molar refractivity (Wildman–Crippen MR) is 107 cm³/mol. The Labute approximate surface area is 160 Å². The number of nitrogens with two attached hydrogens (primary N) is 1. The smallest absolute Gasteiger partial charge is 0.229 e. The van der Waals surface area contributed by atoms with Crippen molar-refractivity contribution in [2.75, 3.05) is 18.5 Å². The van der Waals surface area contributed by atoms with Crippen molar-refractivity contribution in [3.8, 4) is 5.75 Å². The van der Waals surface area contributed by atoms with Crippen LogP contribution in [0.1, 0.15) is 37.8 Å². The van der Waals surface area contributed by atoms with Gasteiger partial charge in [-0.25, -0.2) is 0 Å². The predicted octanol–water partition coefficient (Wildman–Crippen LogP) is 3.91. The number of amides is 1. The first-order valence-corrected chi connectivity index (χ1v) is 9.60. The number of hydrogen-bond acceptors (Lipinski definition) is 4. The average molecular weight is 368 g/mol. The maximum Gasteiger partial charge on any atom is 0.229 e. The first-order chi connectivity index (χ1) is 13.1. The Morgan fingerprint density at radius 3 is 2.67 bits per heavy atom. The molecule has 0 aromatic heterocycles. The third-order valence-corrected chi connectivity index (χ3v) is 4.98. The van der Waals surface area contributed by atoms with Crippen LogP contribution in [-0.2, 0) is 9.53 Å². The Balaban J connectivity index is 1.61. The summed E-state index contributed by atoms with van der Waals surface area (Å²) >= 11 is 0. The van der Waals surface area contributed by atoms with Crippen LogP contribution < -0.4 is 15.8 Å². The lowest BCUT2D eigenvalue weighted by molar-refractivity contribution is -0.120. The van der Waals surface area contributed by atoms with Crippen molar-refractivity contribution >= 4 is 11.6 Å². The molecule has 5 heteroatoms. The van der Waals surface area contributed by atoms with Crippen molar-refractivity contribution in [3.05, 3.63) is 60.2 Å². The first-order valence-electron chi connectivity index (χ1n) is 9.60. The van der Waals surface area contributed by atoms with E-state index in [1.165, 1.54) is 6.42 Å². The second-order valence-corrected chi connectivity index (χ2v) is 7.01. The van der Waals surface area contributed by atoms with E-state index in [-0.39, 0.29) is 24.0 Å². The van der Waals surface area contributed by atoms with Crippen LogP contribution in [0.5, 0.6) is 5.75 Å². The van der Waals surface area contributed by atoms with Crippen molar-refractivity contribution in [1.82, 2.24) is 0 Å². The minimum absolute atomic E-state index is 0.118. The molecular weight excluding hydrogens is 340 g/mol. The van der Waals surface area contributed by atoms with Crippen molar-refractivity contribution in [2.24, 2.45) is 11.7 Å². The Bertz CT molecular complexity index is 729. The number of ether oxygens (including phenoxy) is 2. The van der Waals surface area contributed by atoms with Crippen LogP contribution >= 0.6 is 0 Å². The quantitative estimate of drug-likeness (QED) is 0.777. The van der Waals surface area contributed by atoms with Gasteiger partial charge in [0.25, 0.3) is 0 Å². The van der Waals surface area contributed by atoms with E-state index in [4.69, 9.17) is 15.2 Å². The van der Waals surface area contributed by atoms with Gasteiger partial charge in [0.05, 0.1) is 17.7 Å². The summed E-state index contributed by atoms with van der Waals surface area (Å²) in [5.74, 6) is 0.152. The molecule has 5 nitrogen and oxygen atoms in total. The second kappa shape index (κ2) is 9.53. The molecular formula is C22H28N2O3. The van der Waals surface area contributed by atoms with E-state index in [0.717, 1.165) is 25.0 Å². The topological polar surface area (TPSA) is 73.6 Å². The summed E-state index contributed by atoms with van der Waals surface area (Å²) in [5, 5.41) is 2.96. The summed E-state index contributed by atoms with van der Waals surface area (Å²) in [7, 11) is 0. The van der Waals surface area contributed by atoms with Crippen molar-refractivity contribution in [1.29, 1.82) is 0 Å². The van der Waals surface area contributed by atoms with E-state index in [1.807, 2.05) is 61.5 Å².